The van der Waals surface area contributed by atoms with E-state index in [0.29, 0.717) is 5.75 Å². The van der Waals surface area contributed by atoms with Gasteiger partial charge in [-0.05, 0) is 61.7 Å². The molecule has 1 unspecified atom stereocenters. The number of phenolic OH excluding ortho intramolecular Hbond substituents is 1. The number of hydrogen-bond donors (Lipinski definition) is 2. The Labute approximate surface area is 176 Å². The SMILES string of the molecule is COc1cc2c(C)c(C)[nH]c2cc1C(C#N)(c1ccc(C)cc1)c1ccc(O)cc1. The third-order valence-electron chi connectivity index (χ3n) is 5.98. The molecule has 1 atom stereocenters. The number of aryl methyl sites for hydroxylation is 3. The summed E-state index contributed by atoms with van der Waals surface area (Å²) in [5.41, 5.74) is 5.61. The van der Waals surface area contributed by atoms with Gasteiger partial charge in [-0.3, -0.25) is 0 Å². The molecule has 0 aliphatic heterocycles. The summed E-state index contributed by atoms with van der Waals surface area (Å²) in [7, 11) is 1.63. The maximum Gasteiger partial charge on any atom is 0.136 e. The lowest BCUT2D eigenvalue weighted by Crippen LogP contribution is -2.28. The van der Waals surface area contributed by atoms with Gasteiger partial charge in [-0.15, -0.1) is 0 Å². The number of nitriles is 1. The zero-order valence-corrected chi connectivity index (χ0v) is 17.6. The molecular weight excluding hydrogens is 372 g/mol. The Hall–Kier alpha value is -3.71. The molecule has 0 spiro atoms. The van der Waals surface area contributed by atoms with E-state index in [1.165, 1.54) is 0 Å². The first-order valence-corrected chi connectivity index (χ1v) is 9.86. The van der Waals surface area contributed by atoms with E-state index in [2.05, 4.69) is 18.0 Å². The van der Waals surface area contributed by atoms with Crippen molar-refractivity contribution in [2.75, 3.05) is 7.11 Å². The standard InChI is InChI=1S/C26H24N2O2/c1-16-5-7-19(8-6-16)26(15-27,20-9-11-21(29)12-10-20)23-14-24-22(13-25(23)30-4)17(2)18(3)28-24/h5-14,28-29H,1-4H3. The van der Waals surface area contributed by atoms with Gasteiger partial charge in [0.1, 0.15) is 16.9 Å². The summed E-state index contributed by atoms with van der Waals surface area (Å²) < 4.78 is 5.80. The Morgan fingerprint density at radius 1 is 0.933 bits per heavy atom. The van der Waals surface area contributed by atoms with Crippen LogP contribution in [0.25, 0.3) is 10.9 Å². The van der Waals surface area contributed by atoms with Crippen LogP contribution in [0.3, 0.4) is 0 Å². The van der Waals surface area contributed by atoms with Crippen molar-refractivity contribution in [1.82, 2.24) is 4.98 Å². The monoisotopic (exact) mass is 396 g/mol. The molecule has 0 fully saturated rings. The van der Waals surface area contributed by atoms with Crippen LogP contribution in [-0.4, -0.2) is 17.2 Å². The third-order valence-corrected chi connectivity index (χ3v) is 5.98. The Morgan fingerprint density at radius 3 is 2.10 bits per heavy atom. The predicted molar refractivity (Wildman–Crippen MR) is 119 cm³/mol. The molecule has 4 aromatic rings. The van der Waals surface area contributed by atoms with E-state index in [4.69, 9.17) is 4.74 Å². The molecule has 0 aliphatic carbocycles. The van der Waals surface area contributed by atoms with Crippen molar-refractivity contribution in [3.8, 4) is 17.6 Å². The van der Waals surface area contributed by atoms with Gasteiger partial charge >= 0.3 is 0 Å². The van der Waals surface area contributed by atoms with Crippen molar-refractivity contribution < 1.29 is 9.84 Å². The third kappa shape index (κ3) is 2.91. The van der Waals surface area contributed by atoms with E-state index in [9.17, 15) is 10.4 Å². The summed E-state index contributed by atoms with van der Waals surface area (Å²) in [5.74, 6) is 0.812. The predicted octanol–water partition coefficient (Wildman–Crippen LogP) is 5.67. The summed E-state index contributed by atoms with van der Waals surface area (Å²) >= 11 is 0. The fourth-order valence-electron chi connectivity index (χ4n) is 4.14. The van der Waals surface area contributed by atoms with E-state index >= 15 is 0 Å². The lowest BCUT2D eigenvalue weighted by atomic mass is 9.70. The van der Waals surface area contributed by atoms with Gasteiger partial charge in [0, 0.05) is 22.2 Å². The summed E-state index contributed by atoms with van der Waals surface area (Å²) in [6.45, 7) is 6.14. The van der Waals surface area contributed by atoms with E-state index in [-0.39, 0.29) is 5.75 Å². The maximum absolute atomic E-state index is 10.6. The van der Waals surface area contributed by atoms with Gasteiger partial charge in [-0.25, -0.2) is 0 Å². The lowest BCUT2D eigenvalue weighted by molar-refractivity contribution is 0.406. The Kier molecular flexibility index (Phi) is 4.75. The highest BCUT2D eigenvalue weighted by Crippen LogP contribution is 2.45. The van der Waals surface area contributed by atoms with Crippen LogP contribution in [-0.2, 0) is 5.41 Å². The number of ether oxygens (including phenoxy) is 1. The van der Waals surface area contributed by atoms with Crippen LogP contribution in [0.15, 0.2) is 60.7 Å². The molecule has 4 heteroatoms. The number of rotatable bonds is 4. The second kappa shape index (κ2) is 7.27. The van der Waals surface area contributed by atoms with E-state index in [0.717, 1.165) is 44.4 Å². The van der Waals surface area contributed by atoms with Crippen molar-refractivity contribution in [1.29, 1.82) is 5.26 Å². The number of hydrogen-bond acceptors (Lipinski definition) is 3. The Balaban J connectivity index is 2.11. The largest absolute Gasteiger partial charge is 0.508 e. The van der Waals surface area contributed by atoms with Gasteiger partial charge in [0.15, 0.2) is 0 Å². The normalized spacial score (nSPS) is 13.0. The van der Waals surface area contributed by atoms with Gasteiger partial charge < -0.3 is 14.8 Å². The van der Waals surface area contributed by atoms with Gasteiger partial charge in [0.2, 0.25) is 0 Å². The highest BCUT2D eigenvalue weighted by molar-refractivity contribution is 5.88. The second-order valence-corrected chi connectivity index (χ2v) is 7.75. The van der Waals surface area contributed by atoms with Crippen LogP contribution < -0.4 is 4.74 Å². The van der Waals surface area contributed by atoms with Crippen LogP contribution in [0.4, 0.5) is 0 Å². The number of phenols is 1. The molecule has 150 valence electrons. The quantitative estimate of drug-likeness (QED) is 0.437. The van der Waals surface area contributed by atoms with Crippen molar-refractivity contribution in [3.63, 3.8) is 0 Å². The topological polar surface area (TPSA) is 69.0 Å². The number of H-pyrrole nitrogens is 1. The molecule has 4 rings (SSSR count). The number of nitrogens with zero attached hydrogens (tertiary/aromatic N) is 1. The minimum Gasteiger partial charge on any atom is -0.508 e. The van der Waals surface area contributed by atoms with Crippen molar-refractivity contribution >= 4 is 10.9 Å². The number of benzene rings is 3. The van der Waals surface area contributed by atoms with Gasteiger partial charge in [0.05, 0.1) is 13.2 Å². The Morgan fingerprint density at radius 2 is 1.53 bits per heavy atom. The molecule has 0 saturated heterocycles. The van der Waals surface area contributed by atoms with Crippen LogP contribution in [0.1, 0.15) is 33.5 Å². The highest BCUT2D eigenvalue weighted by atomic mass is 16.5. The van der Waals surface area contributed by atoms with E-state index in [1.54, 1.807) is 31.4 Å². The average molecular weight is 396 g/mol. The second-order valence-electron chi connectivity index (χ2n) is 7.75. The van der Waals surface area contributed by atoms with Crippen molar-refractivity contribution in [2.24, 2.45) is 0 Å². The number of fused-ring (bicyclic) bond motifs is 1. The van der Waals surface area contributed by atoms with Crippen LogP contribution >= 0.6 is 0 Å². The molecule has 1 aromatic heterocycles. The minimum absolute atomic E-state index is 0.160. The maximum atomic E-state index is 10.6. The molecule has 0 radical (unpaired) electrons. The fraction of sp³-hybridized carbons (Fsp3) is 0.192. The number of methoxy groups -OCH3 is 1. The summed E-state index contributed by atoms with van der Waals surface area (Å²) in [6.07, 6.45) is 0. The van der Waals surface area contributed by atoms with Gasteiger partial charge in [-0.2, -0.15) is 5.26 Å². The Bertz CT molecular complexity index is 1210. The van der Waals surface area contributed by atoms with Gasteiger partial charge in [-0.1, -0.05) is 42.0 Å². The molecule has 30 heavy (non-hydrogen) atoms. The van der Waals surface area contributed by atoms with E-state index in [1.807, 2.05) is 50.2 Å². The molecule has 0 saturated carbocycles. The highest BCUT2D eigenvalue weighted by Gasteiger charge is 2.39. The molecule has 0 aliphatic rings. The molecule has 0 bridgehead atoms. The van der Waals surface area contributed by atoms with Crippen LogP contribution in [0.5, 0.6) is 11.5 Å². The number of nitrogens with one attached hydrogen (secondary N) is 1. The minimum atomic E-state index is -1.10. The zero-order chi connectivity index (χ0) is 21.5. The number of aromatic amines is 1. The first-order chi connectivity index (χ1) is 14.4. The first-order valence-electron chi connectivity index (χ1n) is 9.86. The molecule has 4 nitrogen and oxygen atoms in total. The van der Waals surface area contributed by atoms with Crippen LogP contribution in [0, 0.1) is 32.1 Å². The fourth-order valence-corrected chi connectivity index (χ4v) is 4.14. The van der Waals surface area contributed by atoms with Crippen molar-refractivity contribution in [2.45, 2.75) is 26.2 Å². The summed E-state index contributed by atoms with van der Waals surface area (Å²) in [5, 5.41) is 21.6. The van der Waals surface area contributed by atoms with Crippen LogP contribution in [0.2, 0.25) is 0 Å². The molecule has 1 heterocycles. The molecular formula is C26H24N2O2. The number of aromatic nitrogens is 1. The smallest absolute Gasteiger partial charge is 0.136 e. The first kappa shape index (κ1) is 19.6. The average Bonchev–Trinajstić information content (AvgIpc) is 3.03. The molecule has 0 amide bonds. The molecule has 2 N–H and O–H groups in total. The number of aromatic hydroxyl groups is 1. The zero-order valence-electron chi connectivity index (χ0n) is 17.6. The lowest BCUT2D eigenvalue weighted by Gasteiger charge is -2.30. The van der Waals surface area contributed by atoms with E-state index < -0.39 is 5.41 Å². The molecule has 3 aromatic carbocycles. The van der Waals surface area contributed by atoms with Gasteiger partial charge in [0.25, 0.3) is 0 Å². The summed E-state index contributed by atoms with van der Waals surface area (Å²) in [4.78, 5) is 3.43. The summed E-state index contributed by atoms with van der Waals surface area (Å²) in [6, 6.07) is 21.4. The van der Waals surface area contributed by atoms with Crippen molar-refractivity contribution in [3.05, 3.63) is 94.2 Å².